The summed E-state index contributed by atoms with van der Waals surface area (Å²) in [6.45, 7) is 6.59. The summed E-state index contributed by atoms with van der Waals surface area (Å²) in [7, 11) is 0. The fourth-order valence-corrected chi connectivity index (χ4v) is 1.13. The summed E-state index contributed by atoms with van der Waals surface area (Å²) in [5, 5.41) is 1.14. The van der Waals surface area contributed by atoms with Gasteiger partial charge >= 0.3 is 0 Å². The van der Waals surface area contributed by atoms with Crippen LogP contribution >= 0.6 is 15.9 Å². The van der Waals surface area contributed by atoms with Crippen LogP contribution in [0.4, 0.5) is 0 Å². The van der Waals surface area contributed by atoms with E-state index in [9.17, 15) is 0 Å². The summed E-state index contributed by atoms with van der Waals surface area (Å²) in [4.78, 5) is 0. The van der Waals surface area contributed by atoms with Gasteiger partial charge < -0.3 is 0 Å². The van der Waals surface area contributed by atoms with Crippen LogP contribution < -0.4 is 0 Å². The Morgan fingerprint density at radius 2 is 1.70 bits per heavy atom. The number of unbranched alkanes of at least 4 members (excludes halogenated alkanes) is 1. The van der Waals surface area contributed by atoms with E-state index in [1.165, 1.54) is 24.8 Å². The van der Waals surface area contributed by atoms with Gasteiger partial charge in [-0.2, -0.15) is 0 Å². The first kappa shape index (κ1) is 10.2. The molecule has 0 aromatic heterocycles. The molecule has 0 bridgehead atoms. The molecule has 0 atom stereocenters. The van der Waals surface area contributed by atoms with Gasteiger partial charge in [-0.1, -0.05) is 27.1 Å². The lowest BCUT2D eigenvalue weighted by atomic mass is 10.1. The van der Waals surface area contributed by atoms with Gasteiger partial charge in [0, 0.05) is 5.33 Å². The van der Waals surface area contributed by atoms with Gasteiger partial charge in [-0.15, -0.1) is 0 Å². The monoisotopic (exact) mass is 204 g/mol. The van der Waals surface area contributed by atoms with Crippen molar-refractivity contribution in [1.82, 2.24) is 0 Å². The van der Waals surface area contributed by atoms with Crippen molar-refractivity contribution >= 4 is 15.9 Å². The smallest absolute Gasteiger partial charge is 0.00314 e. The molecule has 0 aromatic carbocycles. The summed E-state index contributed by atoms with van der Waals surface area (Å²) in [6, 6.07) is 0. The molecule has 0 aromatic rings. The van der Waals surface area contributed by atoms with Gasteiger partial charge in [-0.05, 0) is 40.0 Å². The lowest BCUT2D eigenvalue weighted by molar-refractivity contribution is 0.790. The molecule has 0 fully saturated rings. The highest BCUT2D eigenvalue weighted by Gasteiger charge is 1.91. The Morgan fingerprint density at radius 1 is 1.10 bits per heavy atom. The average molecular weight is 205 g/mol. The molecule has 0 amide bonds. The van der Waals surface area contributed by atoms with Crippen molar-refractivity contribution in [2.24, 2.45) is 0 Å². The minimum absolute atomic E-state index is 1.14. The molecule has 0 aliphatic heterocycles. The highest BCUT2D eigenvalue weighted by Crippen LogP contribution is 2.11. The van der Waals surface area contributed by atoms with Gasteiger partial charge in [-0.25, -0.2) is 0 Å². The molecule has 0 spiro atoms. The summed E-state index contributed by atoms with van der Waals surface area (Å²) in [5.74, 6) is 0. The average Bonchev–Trinajstić information content (AvgIpc) is 1.88. The highest BCUT2D eigenvalue weighted by molar-refractivity contribution is 9.09. The van der Waals surface area contributed by atoms with E-state index in [0.717, 1.165) is 5.33 Å². The van der Waals surface area contributed by atoms with Crippen molar-refractivity contribution in [2.45, 2.75) is 40.0 Å². The SMILES string of the molecule is CC(C)=C(C)CCCCBr. The molecular weight excluding hydrogens is 188 g/mol. The van der Waals surface area contributed by atoms with Crippen LogP contribution in [-0.2, 0) is 0 Å². The molecule has 0 aliphatic rings. The van der Waals surface area contributed by atoms with Crippen LogP contribution in [0.3, 0.4) is 0 Å². The van der Waals surface area contributed by atoms with E-state index in [1.807, 2.05) is 0 Å². The molecule has 0 rings (SSSR count). The molecule has 0 nitrogen and oxygen atoms in total. The number of hydrogen-bond donors (Lipinski definition) is 0. The predicted octanol–water partition coefficient (Wildman–Crippen LogP) is 3.91. The minimum atomic E-state index is 1.14. The predicted molar refractivity (Wildman–Crippen MR) is 51.7 cm³/mol. The Morgan fingerprint density at radius 3 is 2.10 bits per heavy atom. The lowest BCUT2D eigenvalue weighted by Gasteiger charge is -2.01. The van der Waals surface area contributed by atoms with Crippen LogP contribution in [0.25, 0.3) is 0 Å². The van der Waals surface area contributed by atoms with E-state index >= 15 is 0 Å². The summed E-state index contributed by atoms with van der Waals surface area (Å²) in [6.07, 6.45) is 3.89. The minimum Gasteiger partial charge on any atom is -0.0928 e. The number of halogens is 1. The normalized spacial score (nSPS) is 9.60. The zero-order valence-electron chi connectivity index (χ0n) is 7.21. The largest absolute Gasteiger partial charge is 0.0928 e. The number of allylic oxidation sites excluding steroid dienone is 2. The fraction of sp³-hybridized carbons (Fsp3) is 0.778. The van der Waals surface area contributed by atoms with E-state index in [1.54, 1.807) is 5.57 Å². The maximum atomic E-state index is 3.42. The molecule has 0 saturated heterocycles. The van der Waals surface area contributed by atoms with Crippen molar-refractivity contribution in [1.29, 1.82) is 0 Å². The van der Waals surface area contributed by atoms with E-state index in [4.69, 9.17) is 0 Å². The van der Waals surface area contributed by atoms with Crippen molar-refractivity contribution in [3.63, 3.8) is 0 Å². The van der Waals surface area contributed by atoms with Gasteiger partial charge in [0.05, 0.1) is 0 Å². The Kier molecular flexibility index (Phi) is 6.10. The second-order valence-corrected chi connectivity index (χ2v) is 3.72. The maximum absolute atomic E-state index is 3.42. The molecular formula is C9H17Br. The van der Waals surface area contributed by atoms with Gasteiger partial charge in [0.2, 0.25) is 0 Å². The molecule has 10 heavy (non-hydrogen) atoms. The summed E-state index contributed by atoms with van der Waals surface area (Å²) < 4.78 is 0. The first-order valence-electron chi connectivity index (χ1n) is 3.87. The van der Waals surface area contributed by atoms with Crippen LogP contribution in [-0.4, -0.2) is 5.33 Å². The molecule has 1 heteroatoms. The Labute approximate surface area is 72.8 Å². The first-order chi connectivity index (χ1) is 4.68. The molecule has 60 valence electrons. The Hall–Kier alpha value is 0.220. The van der Waals surface area contributed by atoms with E-state index in [2.05, 4.69) is 36.7 Å². The molecule has 0 aliphatic carbocycles. The first-order valence-corrected chi connectivity index (χ1v) is 4.99. The third-order valence-electron chi connectivity index (χ3n) is 1.79. The quantitative estimate of drug-likeness (QED) is 0.371. The Balaban J connectivity index is 3.40. The maximum Gasteiger partial charge on any atom is 0.00314 e. The van der Waals surface area contributed by atoms with Gasteiger partial charge in [0.25, 0.3) is 0 Å². The second kappa shape index (κ2) is 5.96. The van der Waals surface area contributed by atoms with E-state index in [-0.39, 0.29) is 0 Å². The molecule has 0 radical (unpaired) electrons. The van der Waals surface area contributed by atoms with Crippen LogP contribution in [0.2, 0.25) is 0 Å². The fourth-order valence-electron chi connectivity index (χ4n) is 0.735. The number of hydrogen-bond acceptors (Lipinski definition) is 0. The van der Waals surface area contributed by atoms with Gasteiger partial charge in [0.1, 0.15) is 0 Å². The third kappa shape index (κ3) is 5.04. The van der Waals surface area contributed by atoms with E-state index in [0.29, 0.717) is 0 Å². The molecule has 0 saturated carbocycles. The summed E-state index contributed by atoms with van der Waals surface area (Å²) >= 11 is 3.42. The van der Waals surface area contributed by atoms with Crippen molar-refractivity contribution in [2.75, 3.05) is 5.33 Å². The molecule has 0 unspecified atom stereocenters. The van der Waals surface area contributed by atoms with E-state index < -0.39 is 0 Å². The molecule has 0 heterocycles. The van der Waals surface area contributed by atoms with Gasteiger partial charge in [-0.3, -0.25) is 0 Å². The standard InChI is InChI=1S/C9H17Br/c1-8(2)9(3)6-4-5-7-10/h4-7H2,1-3H3. The van der Waals surface area contributed by atoms with Crippen LogP contribution in [0.5, 0.6) is 0 Å². The zero-order valence-corrected chi connectivity index (χ0v) is 8.79. The zero-order chi connectivity index (χ0) is 7.98. The van der Waals surface area contributed by atoms with Crippen molar-refractivity contribution < 1.29 is 0 Å². The number of alkyl halides is 1. The van der Waals surface area contributed by atoms with Crippen LogP contribution in [0, 0.1) is 0 Å². The van der Waals surface area contributed by atoms with Gasteiger partial charge in [0.15, 0.2) is 0 Å². The number of rotatable bonds is 4. The van der Waals surface area contributed by atoms with Crippen molar-refractivity contribution in [3.05, 3.63) is 11.1 Å². The second-order valence-electron chi connectivity index (χ2n) is 2.93. The summed E-state index contributed by atoms with van der Waals surface area (Å²) in [5.41, 5.74) is 3.04. The highest BCUT2D eigenvalue weighted by atomic mass is 79.9. The molecule has 0 N–H and O–H groups in total. The lowest BCUT2D eigenvalue weighted by Crippen LogP contribution is -1.82. The Bertz CT molecular complexity index is 110. The van der Waals surface area contributed by atoms with Crippen LogP contribution in [0.1, 0.15) is 40.0 Å². The topological polar surface area (TPSA) is 0 Å². The van der Waals surface area contributed by atoms with Crippen LogP contribution in [0.15, 0.2) is 11.1 Å². The third-order valence-corrected chi connectivity index (χ3v) is 2.35. The van der Waals surface area contributed by atoms with Crippen molar-refractivity contribution in [3.8, 4) is 0 Å².